The zero-order valence-electron chi connectivity index (χ0n) is 11.5. The summed E-state index contributed by atoms with van der Waals surface area (Å²) < 4.78 is 13.0. The van der Waals surface area contributed by atoms with Crippen LogP contribution in [0.3, 0.4) is 0 Å². The quantitative estimate of drug-likeness (QED) is 0.805. The minimum Gasteiger partial charge on any atom is -0.316 e. The Hall–Kier alpha value is -0.890. The molecule has 2 heteroatoms. The van der Waals surface area contributed by atoms with E-state index in [2.05, 4.69) is 19.2 Å². The molecule has 0 radical (unpaired) electrons. The highest BCUT2D eigenvalue weighted by molar-refractivity contribution is 5.22. The van der Waals surface area contributed by atoms with Crippen molar-refractivity contribution in [2.75, 3.05) is 13.1 Å². The topological polar surface area (TPSA) is 12.0 Å². The van der Waals surface area contributed by atoms with Crippen LogP contribution in [-0.4, -0.2) is 13.1 Å². The van der Waals surface area contributed by atoms with Gasteiger partial charge < -0.3 is 5.32 Å². The molecule has 1 N–H and O–H groups in total. The van der Waals surface area contributed by atoms with Gasteiger partial charge in [0.2, 0.25) is 0 Å². The first-order valence-electron chi connectivity index (χ1n) is 7.13. The molecule has 0 aromatic heterocycles. The second-order valence-corrected chi connectivity index (χ2v) is 5.90. The monoisotopic (exact) mass is 249 g/mol. The fourth-order valence-electron chi connectivity index (χ4n) is 2.64. The molecule has 1 fully saturated rings. The zero-order valence-corrected chi connectivity index (χ0v) is 11.5. The van der Waals surface area contributed by atoms with Gasteiger partial charge >= 0.3 is 0 Å². The van der Waals surface area contributed by atoms with Crippen LogP contribution >= 0.6 is 0 Å². The molecule has 18 heavy (non-hydrogen) atoms. The smallest absolute Gasteiger partial charge is 0.123 e. The number of benzene rings is 1. The summed E-state index contributed by atoms with van der Waals surface area (Å²) in [6.45, 7) is 6.53. The van der Waals surface area contributed by atoms with Gasteiger partial charge in [0.15, 0.2) is 0 Å². The molecule has 0 saturated heterocycles. The predicted octanol–water partition coefficient (Wildman–Crippen LogP) is 3.96. The van der Waals surface area contributed by atoms with Crippen molar-refractivity contribution < 1.29 is 4.39 Å². The first-order valence-corrected chi connectivity index (χ1v) is 7.13. The molecule has 0 aliphatic heterocycles. The minimum absolute atomic E-state index is 0.138. The summed E-state index contributed by atoms with van der Waals surface area (Å²) in [4.78, 5) is 0. The maximum Gasteiger partial charge on any atom is 0.123 e. The molecule has 1 aliphatic carbocycles. The molecule has 1 aromatic carbocycles. The fourth-order valence-corrected chi connectivity index (χ4v) is 2.64. The number of nitrogens with one attached hydrogen (secondary N) is 1. The Morgan fingerprint density at radius 3 is 2.33 bits per heavy atom. The third-order valence-electron chi connectivity index (χ3n) is 3.93. The zero-order chi connectivity index (χ0) is 13.0. The van der Waals surface area contributed by atoms with E-state index in [1.165, 1.54) is 24.8 Å². The average molecular weight is 249 g/mol. The SMILES string of the molecule is CC(C)CNCC(c1ccc(F)cc1)C1CCC1. The van der Waals surface area contributed by atoms with Crippen LogP contribution in [0.25, 0.3) is 0 Å². The second kappa shape index (κ2) is 6.33. The van der Waals surface area contributed by atoms with Crippen LogP contribution in [0.5, 0.6) is 0 Å². The van der Waals surface area contributed by atoms with Gasteiger partial charge in [-0.05, 0) is 54.8 Å². The van der Waals surface area contributed by atoms with Crippen molar-refractivity contribution in [2.24, 2.45) is 11.8 Å². The molecule has 1 aromatic rings. The van der Waals surface area contributed by atoms with Crippen molar-refractivity contribution >= 4 is 0 Å². The molecule has 0 heterocycles. The van der Waals surface area contributed by atoms with Crippen molar-refractivity contribution in [1.29, 1.82) is 0 Å². The lowest BCUT2D eigenvalue weighted by molar-refractivity contribution is 0.253. The van der Waals surface area contributed by atoms with E-state index in [9.17, 15) is 4.39 Å². The first-order chi connectivity index (χ1) is 8.66. The van der Waals surface area contributed by atoms with E-state index in [4.69, 9.17) is 0 Å². The van der Waals surface area contributed by atoms with Gasteiger partial charge in [-0.1, -0.05) is 32.4 Å². The molecule has 2 rings (SSSR count). The van der Waals surface area contributed by atoms with Gasteiger partial charge in [-0.2, -0.15) is 0 Å². The summed E-state index contributed by atoms with van der Waals surface area (Å²) in [5, 5.41) is 3.55. The average Bonchev–Trinajstić information content (AvgIpc) is 2.26. The third-order valence-corrected chi connectivity index (χ3v) is 3.93. The molecule has 100 valence electrons. The largest absolute Gasteiger partial charge is 0.316 e. The van der Waals surface area contributed by atoms with E-state index in [-0.39, 0.29) is 5.82 Å². The maximum atomic E-state index is 13.0. The third kappa shape index (κ3) is 3.55. The van der Waals surface area contributed by atoms with E-state index in [0.29, 0.717) is 11.8 Å². The fraction of sp³-hybridized carbons (Fsp3) is 0.625. The van der Waals surface area contributed by atoms with Crippen LogP contribution in [0, 0.1) is 17.7 Å². The molecule has 1 aliphatic rings. The molecule has 1 saturated carbocycles. The molecule has 1 unspecified atom stereocenters. The van der Waals surface area contributed by atoms with Crippen LogP contribution in [0.2, 0.25) is 0 Å². The lowest BCUT2D eigenvalue weighted by Crippen LogP contribution is -2.32. The number of hydrogen-bond donors (Lipinski definition) is 1. The van der Waals surface area contributed by atoms with Gasteiger partial charge in [0, 0.05) is 6.54 Å². The van der Waals surface area contributed by atoms with Crippen molar-refractivity contribution in [1.82, 2.24) is 5.32 Å². The minimum atomic E-state index is -0.138. The summed E-state index contributed by atoms with van der Waals surface area (Å²) in [5.74, 6) is 1.88. The van der Waals surface area contributed by atoms with Gasteiger partial charge in [-0.15, -0.1) is 0 Å². The van der Waals surface area contributed by atoms with Crippen molar-refractivity contribution in [2.45, 2.75) is 39.0 Å². The molecular formula is C16H24FN. The van der Waals surface area contributed by atoms with E-state index < -0.39 is 0 Å². The van der Waals surface area contributed by atoms with Gasteiger partial charge in [-0.25, -0.2) is 4.39 Å². The van der Waals surface area contributed by atoms with Crippen LogP contribution in [0.15, 0.2) is 24.3 Å². The van der Waals surface area contributed by atoms with Crippen LogP contribution < -0.4 is 5.32 Å². The van der Waals surface area contributed by atoms with Crippen molar-refractivity contribution in [3.05, 3.63) is 35.6 Å². The van der Waals surface area contributed by atoms with Gasteiger partial charge in [-0.3, -0.25) is 0 Å². The summed E-state index contributed by atoms with van der Waals surface area (Å²) in [6.07, 6.45) is 4.00. The van der Waals surface area contributed by atoms with E-state index in [1.54, 1.807) is 12.1 Å². The molecule has 1 atom stereocenters. The van der Waals surface area contributed by atoms with E-state index >= 15 is 0 Å². The Kier molecular flexibility index (Phi) is 4.76. The number of hydrogen-bond acceptors (Lipinski definition) is 1. The Bertz CT molecular complexity index is 354. The first kappa shape index (κ1) is 13.5. The Balaban J connectivity index is 1.98. The molecule has 0 amide bonds. The predicted molar refractivity (Wildman–Crippen MR) is 74.2 cm³/mol. The molecule has 1 nitrogen and oxygen atoms in total. The number of halogens is 1. The maximum absolute atomic E-state index is 13.0. The Morgan fingerprint density at radius 1 is 1.17 bits per heavy atom. The number of rotatable bonds is 6. The van der Waals surface area contributed by atoms with Crippen molar-refractivity contribution in [3.63, 3.8) is 0 Å². The highest BCUT2D eigenvalue weighted by atomic mass is 19.1. The molecular weight excluding hydrogens is 225 g/mol. The molecule has 0 bridgehead atoms. The van der Waals surface area contributed by atoms with Crippen LogP contribution in [0.1, 0.15) is 44.6 Å². The van der Waals surface area contributed by atoms with E-state index in [1.807, 2.05) is 12.1 Å². The highest BCUT2D eigenvalue weighted by Crippen LogP contribution is 2.38. The van der Waals surface area contributed by atoms with Crippen molar-refractivity contribution in [3.8, 4) is 0 Å². The normalized spacial score (nSPS) is 17.8. The summed E-state index contributed by atoms with van der Waals surface area (Å²) in [6, 6.07) is 7.08. The van der Waals surface area contributed by atoms with E-state index in [0.717, 1.165) is 19.0 Å². The van der Waals surface area contributed by atoms with Gasteiger partial charge in [0.25, 0.3) is 0 Å². The second-order valence-electron chi connectivity index (χ2n) is 5.90. The van der Waals surface area contributed by atoms with Crippen LogP contribution in [0.4, 0.5) is 4.39 Å². The van der Waals surface area contributed by atoms with Crippen LogP contribution in [-0.2, 0) is 0 Å². The summed E-state index contributed by atoms with van der Waals surface area (Å²) in [7, 11) is 0. The Morgan fingerprint density at radius 2 is 1.83 bits per heavy atom. The van der Waals surface area contributed by atoms with Gasteiger partial charge in [0.1, 0.15) is 5.82 Å². The van der Waals surface area contributed by atoms with Gasteiger partial charge in [0.05, 0.1) is 0 Å². The molecule has 0 spiro atoms. The lowest BCUT2D eigenvalue weighted by Gasteiger charge is -2.34. The highest BCUT2D eigenvalue weighted by Gasteiger charge is 2.28. The lowest BCUT2D eigenvalue weighted by atomic mass is 9.73. The Labute approximate surface area is 110 Å². The summed E-state index contributed by atoms with van der Waals surface area (Å²) in [5.41, 5.74) is 1.29. The standard InChI is InChI=1S/C16H24FN/c1-12(2)10-18-11-16(13-4-3-5-13)14-6-8-15(17)9-7-14/h6-9,12-13,16,18H,3-5,10-11H2,1-2H3. The summed E-state index contributed by atoms with van der Waals surface area (Å²) >= 11 is 0.